The van der Waals surface area contributed by atoms with E-state index in [-0.39, 0.29) is 12.0 Å². The van der Waals surface area contributed by atoms with Gasteiger partial charge in [-0.15, -0.1) is 0 Å². The fourth-order valence-corrected chi connectivity index (χ4v) is 1.97. The molecule has 1 aromatic rings. The molecule has 5 heteroatoms. The third-order valence-corrected chi connectivity index (χ3v) is 2.75. The van der Waals surface area contributed by atoms with Crippen LogP contribution in [-0.2, 0) is 15.1 Å². The van der Waals surface area contributed by atoms with Gasteiger partial charge in [-0.25, -0.2) is 4.79 Å². The summed E-state index contributed by atoms with van der Waals surface area (Å²) in [7, 11) is 0. The second-order valence-corrected chi connectivity index (χ2v) is 5.03. The van der Waals surface area contributed by atoms with Crippen LogP contribution in [0.1, 0.15) is 33.5 Å². The van der Waals surface area contributed by atoms with Crippen LogP contribution in [-0.4, -0.2) is 18.6 Å². The second-order valence-electron chi connectivity index (χ2n) is 4.25. The van der Waals surface area contributed by atoms with E-state index in [4.69, 9.17) is 9.15 Å². The molecule has 1 aromatic heterocycles. The Morgan fingerprint density at radius 3 is 2.65 bits per heavy atom. The summed E-state index contributed by atoms with van der Waals surface area (Å²) in [6, 6.07) is 3.65. The summed E-state index contributed by atoms with van der Waals surface area (Å²) in [5.41, 5.74) is -0.962. The Morgan fingerprint density at radius 1 is 1.59 bits per heavy atom. The lowest BCUT2D eigenvalue weighted by atomic mass is 9.98. The topological polar surface area (TPSA) is 51.5 Å². The zero-order chi connectivity index (χ0) is 13.1. The van der Waals surface area contributed by atoms with Gasteiger partial charge in [0.1, 0.15) is 5.76 Å². The van der Waals surface area contributed by atoms with E-state index >= 15 is 0 Å². The van der Waals surface area contributed by atoms with Crippen LogP contribution in [0.3, 0.4) is 0 Å². The standard InChI is InChI=1S/C12H18BrNO3/c1-5-16-11(15)12(4,14-8(2)3)9-6-7-10(13)17-9/h6-8,14H,5H2,1-4H3. The molecule has 0 amide bonds. The van der Waals surface area contributed by atoms with Gasteiger partial charge in [0.2, 0.25) is 0 Å². The van der Waals surface area contributed by atoms with Crippen LogP contribution in [0.15, 0.2) is 21.2 Å². The van der Waals surface area contributed by atoms with Gasteiger partial charge in [0, 0.05) is 6.04 Å². The largest absolute Gasteiger partial charge is 0.464 e. The maximum absolute atomic E-state index is 12.1. The molecule has 4 nitrogen and oxygen atoms in total. The second kappa shape index (κ2) is 5.69. The van der Waals surface area contributed by atoms with E-state index in [0.717, 1.165) is 0 Å². The first-order valence-electron chi connectivity index (χ1n) is 5.61. The van der Waals surface area contributed by atoms with E-state index in [2.05, 4.69) is 21.2 Å². The van der Waals surface area contributed by atoms with Crippen molar-refractivity contribution in [2.75, 3.05) is 6.61 Å². The quantitative estimate of drug-likeness (QED) is 0.850. The van der Waals surface area contributed by atoms with Crippen LogP contribution in [0.2, 0.25) is 0 Å². The van der Waals surface area contributed by atoms with Crippen molar-refractivity contribution in [3.05, 3.63) is 22.6 Å². The van der Waals surface area contributed by atoms with Gasteiger partial charge >= 0.3 is 5.97 Å². The zero-order valence-electron chi connectivity index (χ0n) is 10.5. The monoisotopic (exact) mass is 303 g/mol. The summed E-state index contributed by atoms with van der Waals surface area (Å²) in [5.74, 6) is 0.201. The van der Waals surface area contributed by atoms with Gasteiger partial charge in [0.05, 0.1) is 6.61 Å². The molecule has 1 heterocycles. The van der Waals surface area contributed by atoms with Gasteiger partial charge in [0.15, 0.2) is 10.2 Å². The summed E-state index contributed by atoms with van der Waals surface area (Å²) < 4.78 is 11.2. The molecule has 0 saturated carbocycles. The Kier molecular flexibility index (Phi) is 4.77. The van der Waals surface area contributed by atoms with E-state index in [9.17, 15) is 4.79 Å². The minimum Gasteiger partial charge on any atom is -0.464 e. The number of hydrogen-bond donors (Lipinski definition) is 1. The lowest BCUT2D eigenvalue weighted by molar-refractivity contribution is -0.152. The Balaban J connectivity index is 3.05. The molecule has 1 unspecified atom stereocenters. The molecule has 1 rings (SSSR count). The van der Waals surface area contributed by atoms with Crippen molar-refractivity contribution in [2.24, 2.45) is 0 Å². The van der Waals surface area contributed by atoms with Crippen LogP contribution >= 0.6 is 15.9 Å². The van der Waals surface area contributed by atoms with Crippen LogP contribution in [0, 0.1) is 0 Å². The molecule has 0 aliphatic carbocycles. The highest BCUT2D eigenvalue weighted by Crippen LogP contribution is 2.27. The van der Waals surface area contributed by atoms with Crippen molar-refractivity contribution >= 4 is 21.9 Å². The average Bonchev–Trinajstić information content (AvgIpc) is 2.64. The fraction of sp³-hybridized carbons (Fsp3) is 0.583. The van der Waals surface area contributed by atoms with Crippen LogP contribution in [0.5, 0.6) is 0 Å². The van der Waals surface area contributed by atoms with Gasteiger partial charge in [-0.2, -0.15) is 0 Å². The van der Waals surface area contributed by atoms with E-state index in [1.807, 2.05) is 13.8 Å². The molecule has 0 aliphatic rings. The molecule has 0 radical (unpaired) electrons. The van der Waals surface area contributed by atoms with Crippen LogP contribution < -0.4 is 5.32 Å². The van der Waals surface area contributed by atoms with Crippen molar-refractivity contribution in [3.63, 3.8) is 0 Å². The number of rotatable bonds is 5. The number of ether oxygens (including phenoxy) is 1. The first kappa shape index (κ1) is 14.3. The minimum absolute atomic E-state index is 0.133. The number of carbonyl (C=O) groups is 1. The molecule has 0 fully saturated rings. The molecular formula is C12H18BrNO3. The summed E-state index contributed by atoms with van der Waals surface area (Å²) in [6.07, 6.45) is 0. The first-order chi connectivity index (χ1) is 7.90. The highest BCUT2D eigenvalue weighted by molar-refractivity contribution is 9.10. The highest BCUT2D eigenvalue weighted by Gasteiger charge is 2.40. The predicted molar refractivity (Wildman–Crippen MR) is 68.7 cm³/mol. The summed E-state index contributed by atoms with van der Waals surface area (Å²) in [6.45, 7) is 7.82. The summed E-state index contributed by atoms with van der Waals surface area (Å²) >= 11 is 3.23. The normalized spacial score (nSPS) is 14.7. The molecule has 96 valence electrons. The van der Waals surface area contributed by atoms with Crippen molar-refractivity contribution in [3.8, 4) is 0 Å². The molecule has 0 bridgehead atoms. The SMILES string of the molecule is CCOC(=O)C(C)(NC(C)C)c1ccc(Br)o1. The number of furan rings is 1. The molecule has 0 aliphatic heterocycles. The van der Waals surface area contributed by atoms with Gasteiger partial charge in [-0.05, 0) is 55.8 Å². The Bertz CT molecular complexity index is 389. The number of esters is 1. The molecule has 0 aromatic carbocycles. The van der Waals surface area contributed by atoms with Gasteiger partial charge in [0.25, 0.3) is 0 Å². The molecule has 0 saturated heterocycles. The number of nitrogens with one attached hydrogen (secondary N) is 1. The maximum atomic E-state index is 12.1. The molecule has 17 heavy (non-hydrogen) atoms. The lowest BCUT2D eigenvalue weighted by Crippen LogP contribution is -2.50. The smallest absolute Gasteiger partial charge is 0.334 e. The summed E-state index contributed by atoms with van der Waals surface area (Å²) in [5, 5.41) is 3.18. The third-order valence-electron chi connectivity index (χ3n) is 2.33. The Morgan fingerprint density at radius 2 is 2.24 bits per heavy atom. The van der Waals surface area contributed by atoms with Crippen molar-refractivity contribution in [2.45, 2.75) is 39.3 Å². The molecular weight excluding hydrogens is 286 g/mol. The molecule has 1 N–H and O–H groups in total. The fourth-order valence-electron chi connectivity index (χ4n) is 1.67. The maximum Gasteiger partial charge on any atom is 0.334 e. The van der Waals surface area contributed by atoms with Crippen molar-refractivity contribution in [1.82, 2.24) is 5.32 Å². The lowest BCUT2D eigenvalue weighted by Gasteiger charge is -2.28. The van der Waals surface area contributed by atoms with Gasteiger partial charge in [-0.3, -0.25) is 5.32 Å². The third kappa shape index (κ3) is 3.33. The Hall–Kier alpha value is -0.810. The number of halogens is 1. The van der Waals surface area contributed by atoms with Crippen LogP contribution in [0.4, 0.5) is 0 Å². The van der Waals surface area contributed by atoms with E-state index in [1.54, 1.807) is 26.0 Å². The van der Waals surface area contributed by atoms with E-state index < -0.39 is 5.54 Å². The predicted octanol–water partition coefficient (Wildman–Crippen LogP) is 2.82. The van der Waals surface area contributed by atoms with Gasteiger partial charge < -0.3 is 9.15 Å². The molecule has 0 spiro atoms. The van der Waals surface area contributed by atoms with Gasteiger partial charge in [-0.1, -0.05) is 0 Å². The van der Waals surface area contributed by atoms with E-state index in [1.165, 1.54) is 0 Å². The van der Waals surface area contributed by atoms with Crippen molar-refractivity contribution in [1.29, 1.82) is 0 Å². The summed E-state index contributed by atoms with van der Waals surface area (Å²) in [4.78, 5) is 12.1. The van der Waals surface area contributed by atoms with Crippen LogP contribution in [0.25, 0.3) is 0 Å². The van der Waals surface area contributed by atoms with E-state index in [0.29, 0.717) is 17.0 Å². The Labute approximate surface area is 110 Å². The molecule has 1 atom stereocenters. The van der Waals surface area contributed by atoms with Crippen molar-refractivity contribution < 1.29 is 13.9 Å². The zero-order valence-corrected chi connectivity index (χ0v) is 12.1. The number of hydrogen-bond acceptors (Lipinski definition) is 4. The number of carbonyl (C=O) groups excluding carboxylic acids is 1. The first-order valence-corrected chi connectivity index (χ1v) is 6.40. The average molecular weight is 304 g/mol. The highest BCUT2D eigenvalue weighted by atomic mass is 79.9. The minimum atomic E-state index is -0.962.